The molecule has 0 aromatic heterocycles. The molecule has 0 fully saturated rings. The van der Waals surface area contributed by atoms with Crippen LogP contribution in [0.2, 0.25) is 5.02 Å². The highest BCUT2D eigenvalue weighted by Crippen LogP contribution is 2.27. The molecule has 0 aliphatic rings. The average Bonchev–Trinajstić information content (AvgIpc) is 2.25. The van der Waals surface area contributed by atoms with Crippen molar-refractivity contribution in [2.75, 3.05) is 14.1 Å². The zero-order valence-electron chi connectivity index (χ0n) is 9.35. The molecular formula is C11H10ClN3O2. The molecule has 0 unspecified atom stereocenters. The summed E-state index contributed by atoms with van der Waals surface area (Å²) in [6, 6.07) is 6.03. The van der Waals surface area contributed by atoms with Gasteiger partial charge in [-0.3, -0.25) is 10.1 Å². The smallest absolute Gasteiger partial charge is 0.270 e. The lowest BCUT2D eigenvalue weighted by atomic mass is 10.1. The second kappa shape index (κ2) is 5.32. The van der Waals surface area contributed by atoms with Crippen LogP contribution in [0.15, 0.2) is 24.4 Å². The van der Waals surface area contributed by atoms with E-state index in [9.17, 15) is 10.1 Å². The molecule has 0 spiro atoms. The number of nitrogens with zero attached hydrogens (tertiary/aromatic N) is 3. The Balaban J connectivity index is 3.25. The first-order valence-corrected chi connectivity index (χ1v) is 5.06. The summed E-state index contributed by atoms with van der Waals surface area (Å²) in [5.41, 5.74) is 0.740. The second-order valence-corrected chi connectivity index (χ2v) is 3.95. The van der Waals surface area contributed by atoms with Crippen LogP contribution in [-0.2, 0) is 0 Å². The van der Waals surface area contributed by atoms with E-state index in [0.717, 1.165) is 0 Å². The van der Waals surface area contributed by atoms with E-state index >= 15 is 0 Å². The Labute approximate surface area is 104 Å². The van der Waals surface area contributed by atoms with E-state index in [4.69, 9.17) is 16.9 Å². The third kappa shape index (κ3) is 3.20. The predicted octanol–water partition coefficient (Wildman–Crippen LogP) is 2.67. The SMILES string of the molecule is CN(C)C=C(C#N)c1ccc([N+](=O)[O-])cc1Cl. The van der Waals surface area contributed by atoms with Crippen molar-refractivity contribution < 1.29 is 4.92 Å². The van der Waals surface area contributed by atoms with Gasteiger partial charge in [-0.2, -0.15) is 5.26 Å². The van der Waals surface area contributed by atoms with Gasteiger partial charge in [0.1, 0.15) is 6.07 Å². The van der Waals surface area contributed by atoms with E-state index < -0.39 is 4.92 Å². The van der Waals surface area contributed by atoms with Gasteiger partial charge in [0.25, 0.3) is 5.69 Å². The van der Waals surface area contributed by atoms with Crippen molar-refractivity contribution in [2.24, 2.45) is 0 Å². The number of nitro benzene ring substituents is 1. The van der Waals surface area contributed by atoms with Crippen molar-refractivity contribution >= 4 is 22.9 Å². The first-order chi connectivity index (χ1) is 7.95. The highest BCUT2D eigenvalue weighted by atomic mass is 35.5. The molecule has 0 saturated carbocycles. The van der Waals surface area contributed by atoms with E-state index in [1.807, 2.05) is 6.07 Å². The molecule has 6 heteroatoms. The van der Waals surface area contributed by atoms with Gasteiger partial charge in [-0.1, -0.05) is 11.6 Å². The summed E-state index contributed by atoms with van der Waals surface area (Å²) in [4.78, 5) is 11.7. The number of nitriles is 1. The number of rotatable bonds is 3. The first-order valence-electron chi connectivity index (χ1n) is 4.68. The van der Waals surface area contributed by atoms with E-state index in [0.29, 0.717) is 11.1 Å². The van der Waals surface area contributed by atoms with Crippen molar-refractivity contribution in [1.29, 1.82) is 5.26 Å². The van der Waals surface area contributed by atoms with Crippen LogP contribution in [-0.4, -0.2) is 23.9 Å². The van der Waals surface area contributed by atoms with Crippen LogP contribution in [0.25, 0.3) is 5.57 Å². The standard InChI is InChI=1S/C11H10ClN3O2/c1-14(2)7-8(6-13)10-4-3-9(15(16)17)5-11(10)12/h3-5,7H,1-2H3. The largest absolute Gasteiger partial charge is 0.382 e. The molecule has 0 amide bonds. The summed E-state index contributed by atoms with van der Waals surface area (Å²) in [6.45, 7) is 0. The predicted molar refractivity (Wildman–Crippen MR) is 65.4 cm³/mol. The van der Waals surface area contributed by atoms with Crippen LogP contribution in [0, 0.1) is 21.4 Å². The lowest BCUT2D eigenvalue weighted by Gasteiger charge is -2.07. The maximum Gasteiger partial charge on any atom is 0.270 e. The lowest BCUT2D eigenvalue weighted by Crippen LogP contribution is -2.02. The van der Waals surface area contributed by atoms with Crippen molar-refractivity contribution in [2.45, 2.75) is 0 Å². The molecule has 88 valence electrons. The molecule has 5 nitrogen and oxygen atoms in total. The number of hydrogen-bond donors (Lipinski definition) is 0. The zero-order chi connectivity index (χ0) is 13.0. The molecule has 0 radical (unpaired) electrons. The summed E-state index contributed by atoms with van der Waals surface area (Å²) in [6.07, 6.45) is 1.60. The summed E-state index contributed by atoms with van der Waals surface area (Å²) in [5, 5.41) is 19.7. The molecule has 0 atom stereocenters. The topological polar surface area (TPSA) is 70.2 Å². The van der Waals surface area contributed by atoms with E-state index in [-0.39, 0.29) is 10.7 Å². The van der Waals surface area contributed by atoms with Gasteiger partial charge in [0.05, 0.1) is 15.5 Å². The van der Waals surface area contributed by atoms with Crippen molar-refractivity contribution in [1.82, 2.24) is 4.90 Å². The van der Waals surface area contributed by atoms with Crippen LogP contribution >= 0.6 is 11.6 Å². The van der Waals surface area contributed by atoms with Crippen molar-refractivity contribution in [3.8, 4) is 6.07 Å². The Bertz CT molecular complexity index is 518. The normalized spacial score (nSPS) is 10.8. The molecule has 0 aliphatic heterocycles. The Morgan fingerprint density at radius 1 is 1.59 bits per heavy atom. The minimum atomic E-state index is -0.530. The Hall–Kier alpha value is -2.06. The highest BCUT2D eigenvalue weighted by Gasteiger charge is 2.12. The number of allylic oxidation sites excluding steroid dienone is 1. The number of halogens is 1. The number of nitro groups is 1. The molecule has 0 bridgehead atoms. The number of hydrogen-bond acceptors (Lipinski definition) is 4. The quantitative estimate of drug-likeness (QED) is 0.470. The van der Waals surface area contributed by atoms with Gasteiger partial charge < -0.3 is 4.90 Å². The van der Waals surface area contributed by atoms with Gasteiger partial charge in [0.15, 0.2) is 0 Å². The van der Waals surface area contributed by atoms with E-state index in [1.54, 1.807) is 25.2 Å². The summed E-state index contributed by atoms with van der Waals surface area (Å²) in [5.74, 6) is 0. The maximum absolute atomic E-state index is 10.5. The summed E-state index contributed by atoms with van der Waals surface area (Å²) in [7, 11) is 3.55. The molecule has 0 heterocycles. The summed E-state index contributed by atoms with van der Waals surface area (Å²) >= 11 is 5.92. The van der Waals surface area contributed by atoms with Gasteiger partial charge in [-0.05, 0) is 6.07 Å². The molecule has 0 saturated heterocycles. The molecular weight excluding hydrogens is 242 g/mol. The number of benzene rings is 1. The fraction of sp³-hybridized carbons (Fsp3) is 0.182. The molecule has 17 heavy (non-hydrogen) atoms. The van der Waals surface area contributed by atoms with Gasteiger partial charge in [-0.15, -0.1) is 0 Å². The third-order valence-corrected chi connectivity index (χ3v) is 2.27. The maximum atomic E-state index is 10.5. The lowest BCUT2D eigenvalue weighted by molar-refractivity contribution is -0.384. The minimum Gasteiger partial charge on any atom is -0.382 e. The molecule has 0 N–H and O–H groups in total. The van der Waals surface area contributed by atoms with E-state index in [2.05, 4.69) is 0 Å². The van der Waals surface area contributed by atoms with Crippen LogP contribution in [0.3, 0.4) is 0 Å². The highest BCUT2D eigenvalue weighted by molar-refractivity contribution is 6.32. The molecule has 1 aromatic carbocycles. The molecule has 0 aliphatic carbocycles. The fourth-order valence-electron chi connectivity index (χ4n) is 1.25. The van der Waals surface area contributed by atoms with Gasteiger partial charge in [0.2, 0.25) is 0 Å². The first kappa shape index (κ1) is 13.0. The van der Waals surface area contributed by atoms with Gasteiger partial charge in [0, 0.05) is 38.0 Å². The Kier molecular flexibility index (Phi) is 4.07. The Morgan fingerprint density at radius 2 is 2.24 bits per heavy atom. The molecule has 1 aromatic rings. The monoisotopic (exact) mass is 251 g/mol. The zero-order valence-corrected chi connectivity index (χ0v) is 10.1. The third-order valence-electron chi connectivity index (χ3n) is 1.96. The van der Waals surface area contributed by atoms with Crippen LogP contribution in [0.5, 0.6) is 0 Å². The van der Waals surface area contributed by atoms with Crippen molar-refractivity contribution in [3.63, 3.8) is 0 Å². The number of non-ortho nitro benzene ring substituents is 1. The van der Waals surface area contributed by atoms with Crippen LogP contribution in [0.4, 0.5) is 5.69 Å². The van der Waals surface area contributed by atoms with Gasteiger partial charge >= 0.3 is 0 Å². The van der Waals surface area contributed by atoms with Crippen molar-refractivity contribution in [3.05, 3.63) is 45.1 Å². The fourth-order valence-corrected chi connectivity index (χ4v) is 1.53. The van der Waals surface area contributed by atoms with E-state index in [1.165, 1.54) is 18.2 Å². The average molecular weight is 252 g/mol. The molecule has 1 rings (SSSR count). The van der Waals surface area contributed by atoms with Crippen LogP contribution in [0.1, 0.15) is 5.56 Å². The van der Waals surface area contributed by atoms with Crippen LogP contribution < -0.4 is 0 Å². The Morgan fingerprint density at radius 3 is 2.65 bits per heavy atom. The summed E-state index contributed by atoms with van der Waals surface area (Å²) < 4.78 is 0. The minimum absolute atomic E-state index is 0.0964. The second-order valence-electron chi connectivity index (χ2n) is 3.54. The van der Waals surface area contributed by atoms with Gasteiger partial charge in [-0.25, -0.2) is 0 Å².